The van der Waals surface area contributed by atoms with E-state index in [4.69, 9.17) is 5.11 Å². The Kier molecular flexibility index (Phi) is 3.02. The molecule has 2 heterocycles. The number of aromatic carboxylic acids is 1. The Balaban J connectivity index is 2.10. The highest BCUT2D eigenvalue weighted by Gasteiger charge is 2.12. The SMILES string of the molecule is Cc1cnc(Cn2c(C)nc3ccc(C(=O)O)cc32)s1. The number of carboxylic acids is 1. The number of benzene rings is 1. The van der Waals surface area contributed by atoms with E-state index in [2.05, 4.69) is 9.97 Å². The molecule has 102 valence electrons. The minimum absolute atomic E-state index is 0.272. The van der Waals surface area contributed by atoms with Crippen LogP contribution in [0.25, 0.3) is 11.0 Å². The molecule has 0 amide bonds. The van der Waals surface area contributed by atoms with Crippen LogP contribution in [0.1, 0.15) is 26.1 Å². The van der Waals surface area contributed by atoms with E-state index in [-0.39, 0.29) is 5.56 Å². The molecular weight excluding hydrogens is 274 g/mol. The van der Waals surface area contributed by atoms with E-state index in [0.717, 1.165) is 26.7 Å². The second-order valence-corrected chi connectivity index (χ2v) is 5.94. The van der Waals surface area contributed by atoms with Gasteiger partial charge in [-0.1, -0.05) is 0 Å². The van der Waals surface area contributed by atoms with E-state index in [1.54, 1.807) is 29.5 Å². The molecule has 0 bridgehead atoms. The monoisotopic (exact) mass is 287 g/mol. The number of aryl methyl sites for hydroxylation is 2. The number of rotatable bonds is 3. The molecule has 1 N–H and O–H groups in total. The first-order valence-electron chi connectivity index (χ1n) is 6.16. The van der Waals surface area contributed by atoms with Gasteiger partial charge in [-0.3, -0.25) is 0 Å². The summed E-state index contributed by atoms with van der Waals surface area (Å²) in [4.78, 5) is 21.1. The minimum Gasteiger partial charge on any atom is -0.478 e. The predicted octanol–water partition coefficient (Wildman–Crippen LogP) is 2.86. The van der Waals surface area contributed by atoms with Crippen molar-refractivity contribution in [1.82, 2.24) is 14.5 Å². The van der Waals surface area contributed by atoms with Crippen molar-refractivity contribution < 1.29 is 9.90 Å². The van der Waals surface area contributed by atoms with Gasteiger partial charge in [0, 0.05) is 11.1 Å². The van der Waals surface area contributed by atoms with E-state index in [1.807, 2.05) is 24.6 Å². The van der Waals surface area contributed by atoms with E-state index in [0.29, 0.717) is 6.54 Å². The van der Waals surface area contributed by atoms with Crippen molar-refractivity contribution in [2.45, 2.75) is 20.4 Å². The summed E-state index contributed by atoms with van der Waals surface area (Å²) in [6, 6.07) is 4.99. The molecule has 0 saturated carbocycles. The third-order valence-corrected chi connectivity index (χ3v) is 4.05. The summed E-state index contributed by atoms with van der Waals surface area (Å²) in [6.45, 7) is 4.55. The van der Waals surface area contributed by atoms with E-state index in [1.165, 1.54) is 0 Å². The Bertz CT molecular complexity index is 804. The first-order chi connectivity index (χ1) is 9.54. The number of hydrogen-bond donors (Lipinski definition) is 1. The van der Waals surface area contributed by atoms with Crippen molar-refractivity contribution in [3.8, 4) is 0 Å². The van der Waals surface area contributed by atoms with Crippen LogP contribution in [0.2, 0.25) is 0 Å². The molecule has 1 aromatic carbocycles. The number of hydrogen-bond acceptors (Lipinski definition) is 4. The van der Waals surface area contributed by atoms with Crippen molar-refractivity contribution >= 4 is 28.3 Å². The smallest absolute Gasteiger partial charge is 0.335 e. The molecule has 6 heteroatoms. The van der Waals surface area contributed by atoms with Crippen LogP contribution in [0.5, 0.6) is 0 Å². The highest BCUT2D eigenvalue weighted by molar-refractivity contribution is 7.11. The van der Waals surface area contributed by atoms with Gasteiger partial charge in [0.15, 0.2) is 0 Å². The third kappa shape index (κ3) is 2.18. The molecule has 0 fully saturated rings. The zero-order chi connectivity index (χ0) is 14.3. The molecule has 20 heavy (non-hydrogen) atoms. The molecule has 3 aromatic rings. The van der Waals surface area contributed by atoms with Gasteiger partial charge in [-0.05, 0) is 32.0 Å². The normalized spacial score (nSPS) is 11.1. The predicted molar refractivity (Wildman–Crippen MR) is 77.4 cm³/mol. The zero-order valence-electron chi connectivity index (χ0n) is 11.1. The van der Waals surface area contributed by atoms with E-state index < -0.39 is 5.97 Å². The molecule has 0 aliphatic carbocycles. The van der Waals surface area contributed by atoms with Gasteiger partial charge >= 0.3 is 5.97 Å². The van der Waals surface area contributed by atoms with E-state index >= 15 is 0 Å². The van der Waals surface area contributed by atoms with Gasteiger partial charge < -0.3 is 9.67 Å². The molecule has 3 rings (SSSR count). The van der Waals surface area contributed by atoms with Gasteiger partial charge in [-0.2, -0.15) is 0 Å². The van der Waals surface area contributed by atoms with Crippen LogP contribution in [-0.4, -0.2) is 25.6 Å². The number of carboxylic acid groups (broad SMARTS) is 1. The largest absolute Gasteiger partial charge is 0.478 e. The lowest BCUT2D eigenvalue weighted by Crippen LogP contribution is -2.02. The molecular formula is C14H13N3O2S. The lowest BCUT2D eigenvalue weighted by molar-refractivity contribution is 0.0697. The minimum atomic E-state index is -0.928. The number of thiazole rings is 1. The number of fused-ring (bicyclic) bond motifs is 1. The first-order valence-corrected chi connectivity index (χ1v) is 6.98. The van der Waals surface area contributed by atoms with Crippen LogP contribution in [0.4, 0.5) is 0 Å². The summed E-state index contributed by atoms with van der Waals surface area (Å²) in [7, 11) is 0. The Morgan fingerprint density at radius 3 is 2.85 bits per heavy atom. The summed E-state index contributed by atoms with van der Waals surface area (Å²) >= 11 is 1.64. The molecule has 0 atom stereocenters. The summed E-state index contributed by atoms with van der Waals surface area (Å²) in [5, 5.41) is 10.1. The summed E-state index contributed by atoms with van der Waals surface area (Å²) in [6.07, 6.45) is 1.84. The van der Waals surface area contributed by atoms with Crippen molar-refractivity contribution in [3.63, 3.8) is 0 Å². The maximum Gasteiger partial charge on any atom is 0.335 e. The topological polar surface area (TPSA) is 68.0 Å². The fourth-order valence-corrected chi connectivity index (χ4v) is 2.96. The van der Waals surface area contributed by atoms with Crippen LogP contribution < -0.4 is 0 Å². The second-order valence-electron chi connectivity index (χ2n) is 4.62. The Morgan fingerprint density at radius 1 is 1.40 bits per heavy atom. The lowest BCUT2D eigenvalue weighted by Gasteiger charge is -2.04. The molecule has 0 aliphatic rings. The molecule has 0 aliphatic heterocycles. The molecule has 5 nitrogen and oxygen atoms in total. The van der Waals surface area contributed by atoms with Crippen LogP contribution in [0.3, 0.4) is 0 Å². The molecule has 0 unspecified atom stereocenters. The molecule has 0 saturated heterocycles. The highest BCUT2D eigenvalue weighted by Crippen LogP contribution is 2.21. The van der Waals surface area contributed by atoms with Crippen molar-refractivity contribution in [2.75, 3.05) is 0 Å². The molecule has 2 aromatic heterocycles. The van der Waals surface area contributed by atoms with Gasteiger partial charge in [0.2, 0.25) is 0 Å². The van der Waals surface area contributed by atoms with Crippen LogP contribution in [0.15, 0.2) is 24.4 Å². The Hall–Kier alpha value is -2.21. The van der Waals surface area contributed by atoms with Crippen molar-refractivity contribution in [3.05, 3.63) is 45.7 Å². The number of nitrogens with zero attached hydrogens (tertiary/aromatic N) is 3. The fourth-order valence-electron chi connectivity index (χ4n) is 2.19. The third-order valence-electron chi connectivity index (χ3n) is 3.15. The summed E-state index contributed by atoms with van der Waals surface area (Å²) in [5.41, 5.74) is 1.91. The van der Waals surface area contributed by atoms with Crippen molar-refractivity contribution in [2.24, 2.45) is 0 Å². The molecule has 0 spiro atoms. The van der Waals surface area contributed by atoms with Gasteiger partial charge in [0.1, 0.15) is 10.8 Å². The Labute approximate surface area is 119 Å². The van der Waals surface area contributed by atoms with Crippen LogP contribution in [-0.2, 0) is 6.54 Å². The Morgan fingerprint density at radius 2 is 2.20 bits per heavy atom. The van der Waals surface area contributed by atoms with E-state index in [9.17, 15) is 4.79 Å². The number of aromatic nitrogens is 3. The lowest BCUT2D eigenvalue weighted by atomic mass is 10.2. The quantitative estimate of drug-likeness (QED) is 0.804. The first kappa shape index (κ1) is 12.8. The highest BCUT2D eigenvalue weighted by atomic mass is 32.1. The second kappa shape index (κ2) is 4.72. The van der Waals surface area contributed by atoms with Gasteiger partial charge in [0.25, 0.3) is 0 Å². The van der Waals surface area contributed by atoms with Gasteiger partial charge in [-0.25, -0.2) is 14.8 Å². The van der Waals surface area contributed by atoms with Crippen molar-refractivity contribution in [1.29, 1.82) is 0 Å². The van der Waals surface area contributed by atoms with Gasteiger partial charge in [0.05, 0.1) is 23.1 Å². The maximum atomic E-state index is 11.1. The summed E-state index contributed by atoms with van der Waals surface area (Å²) < 4.78 is 2.00. The fraction of sp³-hybridized carbons (Fsp3) is 0.214. The average Bonchev–Trinajstić information content (AvgIpc) is 2.94. The molecule has 0 radical (unpaired) electrons. The number of carbonyl (C=O) groups is 1. The zero-order valence-corrected chi connectivity index (χ0v) is 11.9. The average molecular weight is 287 g/mol. The van der Waals surface area contributed by atoms with Crippen LogP contribution in [0, 0.1) is 13.8 Å². The standard InChI is InChI=1S/C14H13N3O2S/c1-8-6-15-13(20-8)7-17-9(2)16-11-4-3-10(14(18)19)5-12(11)17/h3-6H,7H2,1-2H3,(H,18,19). The number of imidazole rings is 1. The van der Waals surface area contributed by atoms with Gasteiger partial charge in [-0.15, -0.1) is 11.3 Å². The van der Waals surface area contributed by atoms with Crippen LogP contribution >= 0.6 is 11.3 Å². The summed E-state index contributed by atoms with van der Waals surface area (Å²) in [5.74, 6) is -0.0715. The maximum absolute atomic E-state index is 11.1.